The van der Waals surface area contributed by atoms with Crippen molar-refractivity contribution in [3.8, 4) is 0 Å². The highest BCUT2D eigenvalue weighted by Crippen LogP contribution is 2.13. The Balaban J connectivity index is 2.49. The Kier molecular flexibility index (Phi) is 5.48. The van der Waals surface area contributed by atoms with Gasteiger partial charge in [0.15, 0.2) is 0 Å². The van der Waals surface area contributed by atoms with Crippen LogP contribution in [0.15, 0.2) is 24.3 Å². The molecule has 8 nitrogen and oxygen atoms in total. The van der Waals surface area contributed by atoms with Gasteiger partial charge in [-0.05, 0) is 18.6 Å². The van der Waals surface area contributed by atoms with E-state index < -0.39 is 23.9 Å². The molecule has 6 N–H and O–H groups in total. The first kappa shape index (κ1) is 15.4. The number of aromatic carboxylic acids is 1. The van der Waals surface area contributed by atoms with E-state index in [-0.39, 0.29) is 24.1 Å². The van der Waals surface area contributed by atoms with E-state index in [1.165, 1.54) is 12.1 Å². The van der Waals surface area contributed by atoms with Crippen LogP contribution in [0.2, 0.25) is 0 Å². The van der Waals surface area contributed by atoms with Crippen LogP contribution < -0.4 is 16.6 Å². The molecule has 0 heterocycles. The summed E-state index contributed by atoms with van der Waals surface area (Å²) in [4.78, 5) is 32.9. The first-order valence-corrected chi connectivity index (χ1v) is 5.77. The Morgan fingerprint density at radius 3 is 2.45 bits per heavy atom. The largest absolute Gasteiger partial charge is 0.480 e. The van der Waals surface area contributed by atoms with E-state index in [9.17, 15) is 14.4 Å². The Bertz CT molecular complexity index is 518. The average Bonchev–Trinajstić information content (AvgIpc) is 2.42. The number of rotatable bonds is 7. The number of hydrogen-bond acceptors (Lipinski definition) is 5. The molecule has 1 amide bonds. The topological polar surface area (TPSA) is 142 Å². The molecule has 0 aromatic heterocycles. The Labute approximate surface area is 114 Å². The van der Waals surface area contributed by atoms with E-state index in [0.29, 0.717) is 0 Å². The van der Waals surface area contributed by atoms with Crippen molar-refractivity contribution >= 4 is 23.5 Å². The number of carboxylic acid groups (broad SMARTS) is 2. The third-order valence-electron chi connectivity index (χ3n) is 2.49. The number of aliphatic carboxylic acids is 1. The summed E-state index contributed by atoms with van der Waals surface area (Å²) < 4.78 is 0. The molecular weight excluding hydrogens is 266 g/mol. The summed E-state index contributed by atoms with van der Waals surface area (Å²) in [6.07, 6.45) is -0.0981. The lowest BCUT2D eigenvalue weighted by molar-refractivity contribution is -0.138. The quantitative estimate of drug-likeness (QED) is 0.443. The zero-order valence-corrected chi connectivity index (χ0v) is 10.5. The lowest BCUT2D eigenvalue weighted by Crippen LogP contribution is -2.34. The molecular formula is C12H15N3O5. The van der Waals surface area contributed by atoms with Gasteiger partial charge in [0, 0.05) is 6.42 Å². The molecule has 1 rings (SSSR count). The monoisotopic (exact) mass is 281 g/mol. The standard InChI is InChI=1S/C12H15N3O5/c13-8(12(19)20)5-6-10(16)15-14-9-4-2-1-3-7(9)11(17)18/h1-4,8,14H,5-6,13H2,(H,15,16)(H,17,18)(H,19,20). The van der Waals surface area contributed by atoms with Crippen molar-refractivity contribution in [2.45, 2.75) is 18.9 Å². The number of anilines is 1. The minimum atomic E-state index is -1.18. The van der Waals surface area contributed by atoms with Crippen LogP contribution in [0, 0.1) is 0 Å². The maximum atomic E-state index is 11.5. The van der Waals surface area contributed by atoms with Gasteiger partial charge in [-0.25, -0.2) is 4.79 Å². The van der Waals surface area contributed by atoms with Crippen LogP contribution in [0.5, 0.6) is 0 Å². The number of carbonyl (C=O) groups excluding carboxylic acids is 1. The third-order valence-corrected chi connectivity index (χ3v) is 2.49. The minimum absolute atomic E-state index is 0.00929. The molecule has 1 aromatic carbocycles. The molecule has 0 saturated heterocycles. The predicted molar refractivity (Wildman–Crippen MR) is 70.0 cm³/mol. The maximum absolute atomic E-state index is 11.5. The summed E-state index contributed by atoms with van der Waals surface area (Å²) in [7, 11) is 0. The molecule has 0 spiro atoms. The van der Waals surface area contributed by atoms with Crippen molar-refractivity contribution in [1.82, 2.24) is 5.43 Å². The summed E-state index contributed by atoms with van der Waals surface area (Å²) in [6, 6.07) is 4.94. The fraction of sp³-hybridized carbons (Fsp3) is 0.250. The smallest absolute Gasteiger partial charge is 0.337 e. The molecule has 0 aliphatic rings. The van der Waals surface area contributed by atoms with E-state index in [1.54, 1.807) is 12.1 Å². The maximum Gasteiger partial charge on any atom is 0.337 e. The number of nitrogens with one attached hydrogen (secondary N) is 2. The summed E-state index contributed by atoms with van der Waals surface area (Å²) in [5, 5.41) is 17.5. The van der Waals surface area contributed by atoms with E-state index in [4.69, 9.17) is 15.9 Å². The number of amides is 1. The van der Waals surface area contributed by atoms with Gasteiger partial charge in [-0.2, -0.15) is 0 Å². The summed E-state index contributed by atoms with van der Waals surface area (Å²) in [5.74, 6) is -2.79. The second-order valence-corrected chi connectivity index (χ2v) is 4.01. The van der Waals surface area contributed by atoms with E-state index in [2.05, 4.69) is 10.9 Å². The van der Waals surface area contributed by atoms with Crippen molar-refractivity contribution in [2.24, 2.45) is 5.73 Å². The van der Waals surface area contributed by atoms with Gasteiger partial charge in [0.25, 0.3) is 0 Å². The van der Waals surface area contributed by atoms with Gasteiger partial charge in [-0.15, -0.1) is 0 Å². The molecule has 0 aliphatic carbocycles. The zero-order chi connectivity index (χ0) is 15.1. The number of carboxylic acids is 2. The SMILES string of the molecule is NC(CCC(=O)NNc1ccccc1C(=O)O)C(=O)O. The Hall–Kier alpha value is -2.61. The molecule has 0 radical (unpaired) electrons. The van der Waals surface area contributed by atoms with Gasteiger partial charge in [-0.3, -0.25) is 20.4 Å². The zero-order valence-electron chi connectivity index (χ0n) is 10.5. The molecule has 108 valence electrons. The molecule has 1 aromatic rings. The molecule has 8 heteroatoms. The van der Waals surface area contributed by atoms with Gasteiger partial charge in [0.2, 0.25) is 5.91 Å². The van der Waals surface area contributed by atoms with E-state index in [0.717, 1.165) is 0 Å². The van der Waals surface area contributed by atoms with Gasteiger partial charge < -0.3 is 15.9 Å². The number of hydrogen-bond donors (Lipinski definition) is 5. The second-order valence-electron chi connectivity index (χ2n) is 4.01. The third kappa shape index (κ3) is 4.58. The minimum Gasteiger partial charge on any atom is -0.480 e. The number of benzene rings is 1. The number of para-hydroxylation sites is 1. The van der Waals surface area contributed by atoms with E-state index >= 15 is 0 Å². The van der Waals surface area contributed by atoms with Crippen molar-refractivity contribution in [3.63, 3.8) is 0 Å². The average molecular weight is 281 g/mol. The number of nitrogens with two attached hydrogens (primary N) is 1. The first-order chi connectivity index (χ1) is 9.41. The van der Waals surface area contributed by atoms with Crippen LogP contribution in [0.25, 0.3) is 0 Å². The van der Waals surface area contributed by atoms with Crippen LogP contribution >= 0.6 is 0 Å². The molecule has 0 bridgehead atoms. The normalized spacial score (nSPS) is 11.4. The van der Waals surface area contributed by atoms with Crippen LogP contribution in [-0.2, 0) is 9.59 Å². The summed E-state index contributed by atoms with van der Waals surface area (Å²) in [6.45, 7) is 0. The Morgan fingerprint density at radius 1 is 1.20 bits per heavy atom. The highest BCUT2D eigenvalue weighted by Gasteiger charge is 2.14. The number of hydrazine groups is 1. The second kappa shape index (κ2) is 7.10. The van der Waals surface area contributed by atoms with Gasteiger partial charge in [0.1, 0.15) is 6.04 Å². The summed E-state index contributed by atoms with van der Waals surface area (Å²) >= 11 is 0. The predicted octanol–water partition coefficient (Wildman–Crippen LogP) is 0.0200. The highest BCUT2D eigenvalue weighted by molar-refractivity contribution is 5.94. The number of carbonyl (C=O) groups is 3. The molecule has 1 unspecified atom stereocenters. The van der Waals surface area contributed by atoms with Gasteiger partial charge in [-0.1, -0.05) is 12.1 Å². The highest BCUT2D eigenvalue weighted by atomic mass is 16.4. The molecule has 20 heavy (non-hydrogen) atoms. The molecule has 0 aliphatic heterocycles. The van der Waals surface area contributed by atoms with Crippen molar-refractivity contribution < 1.29 is 24.6 Å². The van der Waals surface area contributed by atoms with Crippen LogP contribution in [0.3, 0.4) is 0 Å². The lowest BCUT2D eigenvalue weighted by atomic mass is 10.1. The fourth-order valence-electron chi connectivity index (χ4n) is 1.39. The molecule has 1 atom stereocenters. The Morgan fingerprint density at radius 2 is 1.85 bits per heavy atom. The van der Waals surface area contributed by atoms with Crippen LogP contribution in [-0.4, -0.2) is 34.1 Å². The van der Waals surface area contributed by atoms with Crippen LogP contribution in [0.4, 0.5) is 5.69 Å². The first-order valence-electron chi connectivity index (χ1n) is 5.77. The van der Waals surface area contributed by atoms with E-state index in [1.807, 2.05) is 0 Å². The molecule has 0 fully saturated rings. The molecule has 0 saturated carbocycles. The van der Waals surface area contributed by atoms with Crippen molar-refractivity contribution in [3.05, 3.63) is 29.8 Å². The fourth-order valence-corrected chi connectivity index (χ4v) is 1.39. The van der Waals surface area contributed by atoms with Crippen LogP contribution in [0.1, 0.15) is 23.2 Å². The van der Waals surface area contributed by atoms with Crippen molar-refractivity contribution in [1.29, 1.82) is 0 Å². The van der Waals surface area contributed by atoms with Crippen molar-refractivity contribution in [2.75, 3.05) is 5.43 Å². The van der Waals surface area contributed by atoms with Gasteiger partial charge >= 0.3 is 11.9 Å². The van der Waals surface area contributed by atoms with Gasteiger partial charge in [0.05, 0.1) is 11.3 Å². The summed E-state index contributed by atoms with van der Waals surface area (Å²) in [5.41, 5.74) is 10.3. The lowest BCUT2D eigenvalue weighted by Gasteiger charge is -2.11.